The van der Waals surface area contributed by atoms with Crippen molar-refractivity contribution in [2.75, 3.05) is 14.2 Å². The highest BCUT2D eigenvalue weighted by Gasteiger charge is 2.30. The predicted octanol–water partition coefficient (Wildman–Crippen LogP) is 2.08. The first kappa shape index (κ1) is 10.0. The number of carbonyl (C=O) groups excluding carboxylic acids is 1. The van der Waals surface area contributed by atoms with Crippen LogP contribution in [0.1, 0.15) is 22.8 Å². The van der Waals surface area contributed by atoms with Gasteiger partial charge in [-0.1, -0.05) is 6.92 Å². The normalized spacial score (nSPS) is 18.9. The van der Waals surface area contributed by atoms with Crippen molar-refractivity contribution in [3.8, 4) is 11.5 Å². The molecule has 1 aliphatic rings. The Bertz CT molecular complexity index is 410. The van der Waals surface area contributed by atoms with Gasteiger partial charge in [-0.15, -0.1) is 0 Å². The lowest BCUT2D eigenvalue weighted by Crippen LogP contribution is -2.02. The van der Waals surface area contributed by atoms with E-state index >= 15 is 0 Å². The van der Waals surface area contributed by atoms with Gasteiger partial charge in [0.2, 0.25) is 0 Å². The first-order valence-electron chi connectivity index (χ1n) is 4.97. The fraction of sp³-hybridized carbons (Fsp3) is 0.417. The summed E-state index contributed by atoms with van der Waals surface area (Å²) in [6.45, 7) is 1.94. The highest BCUT2D eigenvalue weighted by molar-refractivity contribution is 6.03. The van der Waals surface area contributed by atoms with Crippen LogP contribution in [0.25, 0.3) is 0 Å². The van der Waals surface area contributed by atoms with Gasteiger partial charge in [0.1, 0.15) is 0 Å². The molecule has 0 N–H and O–H groups in total. The molecule has 0 radical (unpaired) electrons. The molecule has 0 fully saturated rings. The molecule has 0 heterocycles. The van der Waals surface area contributed by atoms with Gasteiger partial charge in [-0.25, -0.2) is 0 Å². The zero-order valence-electron chi connectivity index (χ0n) is 9.16. The SMILES string of the molecule is COc1ccc2c(c1OC)C[C@H](C)C2=O. The van der Waals surface area contributed by atoms with Crippen LogP contribution in [0, 0.1) is 5.92 Å². The second kappa shape index (κ2) is 3.57. The number of hydrogen-bond acceptors (Lipinski definition) is 3. The molecule has 1 atom stereocenters. The van der Waals surface area contributed by atoms with Crippen LogP contribution in [0.5, 0.6) is 11.5 Å². The summed E-state index contributed by atoms with van der Waals surface area (Å²) in [5.74, 6) is 1.65. The minimum atomic E-state index is 0.0565. The van der Waals surface area contributed by atoms with Gasteiger partial charge in [-0.05, 0) is 18.6 Å². The maximum atomic E-state index is 11.8. The molecular weight excluding hydrogens is 192 g/mol. The second-order valence-electron chi connectivity index (χ2n) is 3.80. The van der Waals surface area contributed by atoms with Crippen LogP contribution >= 0.6 is 0 Å². The molecule has 15 heavy (non-hydrogen) atoms. The standard InChI is InChI=1S/C12H14O3/c1-7-6-9-8(11(7)13)4-5-10(14-2)12(9)15-3/h4-5,7H,6H2,1-3H3/t7-/m0/s1. The lowest BCUT2D eigenvalue weighted by Gasteiger charge is -2.11. The Morgan fingerprint density at radius 3 is 2.60 bits per heavy atom. The molecule has 1 aromatic carbocycles. The Kier molecular flexibility index (Phi) is 2.39. The van der Waals surface area contributed by atoms with Gasteiger partial charge in [0.25, 0.3) is 0 Å². The summed E-state index contributed by atoms with van der Waals surface area (Å²) >= 11 is 0. The van der Waals surface area contributed by atoms with Crippen molar-refractivity contribution >= 4 is 5.78 Å². The number of methoxy groups -OCH3 is 2. The predicted molar refractivity (Wildman–Crippen MR) is 56.7 cm³/mol. The molecule has 0 spiro atoms. The van der Waals surface area contributed by atoms with Gasteiger partial charge >= 0.3 is 0 Å². The summed E-state index contributed by atoms with van der Waals surface area (Å²) in [4.78, 5) is 11.8. The largest absolute Gasteiger partial charge is 0.493 e. The van der Waals surface area contributed by atoms with E-state index in [4.69, 9.17) is 9.47 Å². The molecule has 3 heteroatoms. The number of benzene rings is 1. The van der Waals surface area contributed by atoms with Crippen molar-refractivity contribution < 1.29 is 14.3 Å². The van der Waals surface area contributed by atoms with E-state index in [-0.39, 0.29) is 11.7 Å². The quantitative estimate of drug-likeness (QED) is 0.743. The van der Waals surface area contributed by atoms with Crippen molar-refractivity contribution in [2.24, 2.45) is 5.92 Å². The number of Topliss-reactive ketones (excluding diaryl/α,β-unsaturated/α-hetero) is 1. The number of carbonyl (C=O) groups is 1. The molecular formula is C12H14O3. The van der Waals surface area contributed by atoms with E-state index in [1.807, 2.05) is 13.0 Å². The third kappa shape index (κ3) is 1.39. The molecule has 0 aromatic heterocycles. The first-order chi connectivity index (χ1) is 7.19. The number of rotatable bonds is 2. The van der Waals surface area contributed by atoms with Crippen molar-refractivity contribution in [2.45, 2.75) is 13.3 Å². The summed E-state index contributed by atoms with van der Waals surface area (Å²) in [5, 5.41) is 0. The van der Waals surface area contributed by atoms with Gasteiger partial charge in [-0.3, -0.25) is 4.79 Å². The maximum absolute atomic E-state index is 11.8. The number of ketones is 1. The molecule has 0 unspecified atom stereocenters. The molecule has 0 bridgehead atoms. The van der Waals surface area contributed by atoms with E-state index in [0.29, 0.717) is 11.5 Å². The summed E-state index contributed by atoms with van der Waals surface area (Å²) < 4.78 is 10.5. The van der Waals surface area contributed by atoms with E-state index < -0.39 is 0 Å². The molecule has 2 rings (SSSR count). The highest BCUT2D eigenvalue weighted by atomic mass is 16.5. The Balaban J connectivity index is 2.59. The monoisotopic (exact) mass is 206 g/mol. The summed E-state index contributed by atoms with van der Waals surface area (Å²) in [6, 6.07) is 3.61. The van der Waals surface area contributed by atoms with E-state index in [1.165, 1.54) is 0 Å². The van der Waals surface area contributed by atoms with Crippen LogP contribution in [0.4, 0.5) is 0 Å². The lowest BCUT2D eigenvalue weighted by atomic mass is 10.1. The van der Waals surface area contributed by atoms with Gasteiger partial charge in [0.05, 0.1) is 14.2 Å². The molecule has 1 aromatic rings. The van der Waals surface area contributed by atoms with Gasteiger partial charge in [-0.2, -0.15) is 0 Å². The zero-order chi connectivity index (χ0) is 11.0. The Hall–Kier alpha value is -1.51. The molecule has 0 aliphatic heterocycles. The third-order valence-electron chi connectivity index (χ3n) is 2.87. The van der Waals surface area contributed by atoms with Gasteiger partial charge in [0.15, 0.2) is 17.3 Å². The van der Waals surface area contributed by atoms with Crippen LogP contribution < -0.4 is 9.47 Å². The number of ether oxygens (including phenoxy) is 2. The fourth-order valence-corrected chi connectivity index (χ4v) is 2.09. The van der Waals surface area contributed by atoms with Crippen molar-refractivity contribution in [1.29, 1.82) is 0 Å². The van der Waals surface area contributed by atoms with Crippen molar-refractivity contribution in [3.63, 3.8) is 0 Å². The average molecular weight is 206 g/mol. The van der Waals surface area contributed by atoms with Gasteiger partial charge in [0, 0.05) is 17.0 Å². The topological polar surface area (TPSA) is 35.5 Å². The Morgan fingerprint density at radius 1 is 1.27 bits per heavy atom. The minimum Gasteiger partial charge on any atom is -0.493 e. The van der Waals surface area contributed by atoms with Crippen LogP contribution in [0.3, 0.4) is 0 Å². The second-order valence-corrected chi connectivity index (χ2v) is 3.80. The van der Waals surface area contributed by atoms with Crippen LogP contribution in [0.2, 0.25) is 0 Å². The molecule has 0 amide bonds. The van der Waals surface area contributed by atoms with E-state index in [1.54, 1.807) is 20.3 Å². The molecule has 80 valence electrons. The van der Waals surface area contributed by atoms with Crippen LogP contribution in [-0.4, -0.2) is 20.0 Å². The van der Waals surface area contributed by atoms with Crippen molar-refractivity contribution in [1.82, 2.24) is 0 Å². The van der Waals surface area contributed by atoms with E-state index in [2.05, 4.69) is 0 Å². The lowest BCUT2D eigenvalue weighted by molar-refractivity contribution is 0.0946. The smallest absolute Gasteiger partial charge is 0.166 e. The molecule has 0 saturated heterocycles. The zero-order valence-corrected chi connectivity index (χ0v) is 9.16. The van der Waals surface area contributed by atoms with E-state index in [0.717, 1.165) is 17.5 Å². The van der Waals surface area contributed by atoms with Crippen LogP contribution in [0.15, 0.2) is 12.1 Å². The highest BCUT2D eigenvalue weighted by Crippen LogP contribution is 2.39. The van der Waals surface area contributed by atoms with Gasteiger partial charge < -0.3 is 9.47 Å². The summed E-state index contributed by atoms with van der Waals surface area (Å²) in [5.41, 5.74) is 1.76. The maximum Gasteiger partial charge on any atom is 0.166 e. The number of hydrogen-bond donors (Lipinski definition) is 0. The Morgan fingerprint density at radius 2 is 2.00 bits per heavy atom. The Labute approximate surface area is 89.0 Å². The molecule has 3 nitrogen and oxygen atoms in total. The van der Waals surface area contributed by atoms with Crippen molar-refractivity contribution in [3.05, 3.63) is 23.3 Å². The summed E-state index contributed by atoms with van der Waals surface area (Å²) in [7, 11) is 3.20. The average Bonchev–Trinajstić information content (AvgIpc) is 2.54. The number of fused-ring (bicyclic) bond motifs is 1. The van der Waals surface area contributed by atoms with E-state index in [9.17, 15) is 4.79 Å². The minimum absolute atomic E-state index is 0.0565. The molecule has 0 saturated carbocycles. The summed E-state index contributed by atoms with van der Waals surface area (Å²) in [6.07, 6.45) is 0.745. The van der Waals surface area contributed by atoms with Crippen LogP contribution in [-0.2, 0) is 6.42 Å². The molecule has 1 aliphatic carbocycles. The third-order valence-corrected chi connectivity index (χ3v) is 2.87. The fourth-order valence-electron chi connectivity index (χ4n) is 2.09. The first-order valence-corrected chi connectivity index (χ1v) is 4.97.